The zero-order valence-corrected chi connectivity index (χ0v) is 12.0. The van der Waals surface area contributed by atoms with Crippen molar-refractivity contribution < 1.29 is 4.74 Å². The van der Waals surface area contributed by atoms with Crippen LogP contribution in [-0.2, 0) is 4.74 Å². The smallest absolute Gasteiger partial charge is 0.100 e. The van der Waals surface area contributed by atoms with Crippen molar-refractivity contribution in [3.8, 4) is 0 Å². The summed E-state index contributed by atoms with van der Waals surface area (Å²) in [5.74, 6) is 1.13. The van der Waals surface area contributed by atoms with Crippen LogP contribution < -0.4 is 0 Å². The van der Waals surface area contributed by atoms with Crippen LogP contribution in [-0.4, -0.2) is 31.1 Å². The lowest BCUT2D eigenvalue weighted by atomic mass is 10.1. The van der Waals surface area contributed by atoms with Gasteiger partial charge in [0, 0.05) is 19.5 Å². The van der Waals surface area contributed by atoms with Gasteiger partial charge >= 0.3 is 0 Å². The molecule has 0 N–H and O–H groups in total. The van der Waals surface area contributed by atoms with E-state index in [2.05, 4.69) is 48.3 Å². The van der Waals surface area contributed by atoms with Crippen LogP contribution in [0.2, 0.25) is 0 Å². The van der Waals surface area contributed by atoms with Crippen LogP contribution in [0.5, 0.6) is 0 Å². The summed E-state index contributed by atoms with van der Waals surface area (Å²) in [4.78, 5) is 2.45. The van der Waals surface area contributed by atoms with E-state index in [0.29, 0.717) is 0 Å². The van der Waals surface area contributed by atoms with Gasteiger partial charge in [-0.25, -0.2) is 0 Å². The molecule has 0 amide bonds. The molecule has 19 heavy (non-hydrogen) atoms. The maximum atomic E-state index is 5.84. The van der Waals surface area contributed by atoms with Crippen molar-refractivity contribution >= 4 is 0 Å². The zero-order chi connectivity index (χ0) is 13.3. The van der Waals surface area contributed by atoms with Gasteiger partial charge < -0.3 is 4.74 Å². The average molecular weight is 259 g/mol. The Kier molecular flexibility index (Phi) is 5.96. The van der Waals surface area contributed by atoms with Gasteiger partial charge in [-0.3, -0.25) is 4.90 Å². The molecule has 2 rings (SSSR count). The van der Waals surface area contributed by atoms with Crippen LogP contribution in [0.3, 0.4) is 0 Å². The Balaban J connectivity index is 1.70. The number of allylic oxidation sites excluding steroid dienone is 6. The first-order valence-electron chi connectivity index (χ1n) is 7.45. The molecule has 0 saturated carbocycles. The Hall–Kier alpha value is -1.28. The fraction of sp³-hybridized carbons (Fsp3) is 0.529. The van der Waals surface area contributed by atoms with Crippen molar-refractivity contribution in [2.24, 2.45) is 0 Å². The number of ether oxygens (including phenoxy) is 1. The first kappa shape index (κ1) is 14.1. The van der Waals surface area contributed by atoms with E-state index in [0.717, 1.165) is 44.8 Å². The van der Waals surface area contributed by atoms with Crippen LogP contribution in [0.25, 0.3) is 0 Å². The van der Waals surface area contributed by atoms with Crippen molar-refractivity contribution in [2.75, 3.05) is 26.2 Å². The minimum atomic E-state index is 0.796. The van der Waals surface area contributed by atoms with E-state index in [1.165, 1.54) is 18.4 Å². The number of rotatable bonds is 7. The van der Waals surface area contributed by atoms with Crippen molar-refractivity contribution in [3.63, 3.8) is 0 Å². The second kappa shape index (κ2) is 8.00. The normalized spacial score (nSPS) is 18.4. The van der Waals surface area contributed by atoms with Crippen LogP contribution in [0.1, 0.15) is 32.6 Å². The summed E-state index contributed by atoms with van der Waals surface area (Å²) in [6.07, 6.45) is 17.8. The molecular weight excluding hydrogens is 234 g/mol. The van der Waals surface area contributed by atoms with Crippen LogP contribution in [0.15, 0.2) is 47.8 Å². The molecule has 2 aliphatic rings. The molecule has 0 aliphatic heterocycles. The molecule has 2 nitrogen and oxygen atoms in total. The van der Waals surface area contributed by atoms with Gasteiger partial charge in [0.1, 0.15) is 6.61 Å². The van der Waals surface area contributed by atoms with Gasteiger partial charge in [-0.2, -0.15) is 0 Å². The van der Waals surface area contributed by atoms with Crippen molar-refractivity contribution in [1.29, 1.82) is 0 Å². The Morgan fingerprint density at radius 2 is 2.16 bits per heavy atom. The molecule has 0 bridgehead atoms. The molecule has 0 heterocycles. The second-order valence-electron chi connectivity index (χ2n) is 5.08. The maximum Gasteiger partial charge on any atom is 0.100 e. The molecule has 0 atom stereocenters. The molecule has 0 unspecified atom stereocenters. The molecule has 0 fully saturated rings. The zero-order valence-electron chi connectivity index (χ0n) is 12.0. The molecule has 2 aliphatic carbocycles. The van der Waals surface area contributed by atoms with E-state index < -0.39 is 0 Å². The van der Waals surface area contributed by atoms with Gasteiger partial charge in [-0.15, -0.1) is 0 Å². The molecule has 0 aromatic carbocycles. The topological polar surface area (TPSA) is 12.5 Å². The standard InChI is InChI=1S/C17H25NO/c1-2-18(15-16-9-5-3-6-10-16)13-14-19-17-11-7-4-8-12-17/h4-5,7,9-11H,2-3,6,8,12-15H2,1H3. The van der Waals surface area contributed by atoms with E-state index >= 15 is 0 Å². The van der Waals surface area contributed by atoms with Crippen LogP contribution in [0.4, 0.5) is 0 Å². The summed E-state index contributed by atoms with van der Waals surface area (Å²) in [7, 11) is 0. The monoisotopic (exact) mass is 259 g/mol. The number of likely N-dealkylation sites (N-methyl/N-ethyl adjacent to an activating group) is 1. The fourth-order valence-corrected chi connectivity index (χ4v) is 2.40. The van der Waals surface area contributed by atoms with E-state index in [-0.39, 0.29) is 0 Å². The highest BCUT2D eigenvalue weighted by atomic mass is 16.5. The lowest BCUT2D eigenvalue weighted by molar-refractivity contribution is 0.160. The lowest BCUT2D eigenvalue weighted by Crippen LogP contribution is -2.29. The fourth-order valence-electron chi connectivity index (χ4n) is 2.40. The van der Waals surface area contributed by atoms with Crippen LogP contribution in [0, 0.1) is 0 Å². The highest BCUT2D eigenvalue weighted by Crippen LogP contribution is 2.13. The Labute approximate surface area is 117 Å². The second-order valence-corrected chi connectivity index (χ2v) is 5.08. The van der Waals surface area contributed by atoms with Crippen molar-refractivity contribution in [2.45, 2.75) is 32.6 Å². The molecule has 0 aromatic heterocycles. The summed E-state index contributed by atoms with van der Waals surface area (Å²) in [5.41, 5.74) is 1.45. The third-order valence-electron chi connectivity index (χ3n) is 3.60. The van der Waals surface area contributed by atoms with E-state index in [9.17, 15) is 0 Å². The quantitative estimate of drug-likeness (QED) is 0.689. The largest absolute Gasteiger partial charge is 0.497 e. The average Bonchev–Trinajstić information content (AvgIpc) is 2.48. The lowest BCUT2D eigenvalue weighted by Gasteiger charge is -2.22. The summed E-state index contributed by atoms with van der Waals surface area (Å²) >= 11 is 0. The molecule has 104 valence electrons. The third kappa shape index (κ3) is 5.07. The van der Waals surface area contributed by atoms with Gasteiger partial charge in [-0.1, -0.05) is 37.3 Å². The molecular formula is C17H25NO. The molecule has 2 heteroatoms. The number of nitrogens with zero attached hydrogens (tertiary/aromatic N) is 1. The molecule has 0 spiro atoms. The van der Waals surface area contributed by atoms with Gasteiger partial charge in [-0.05, 0) is 37.5 Å². The van der Waals surface area contributed by atoms with Gasteiger partial charge in [0.2, 0.25) is 0 Å². The highest BCUT2D eigenvalue weighted by Gasteiger charge is 2.07. The minimum absolute atomic E-state index is 0.796. The van der Waals surface area contributed by atoms with Gasteiger partial charge in [0.15, 0.2) is 0 Å². The highest BCUT2D eigenvalue weighted by molar-refractivity contribution is 5.23. The Morgan fingerprint density at radius 1 is 1.21 bits per heavy atom. The summed E-state index contributed by atoms with van der Waals surface area (Å²) < 4.78 is 5.84. The SMILES string of the molecule is CCN(CCOC1=CC=CCC1)CC1=CCCC=C1. The number of hydrogen-bond donors (Lipinski definition) is 0. The minimum Gasteiger partial charge on any atom is -0.497 e. The van der Waals surface area contributed by atoms with Gasteiger partial charge in [0.05, 0.1) is 5.76 Å². The Morgan fingerprint density at radius 3 is 2.84 bits per heavy atom. The predicted octanol–water partition coefficient (Wildman–Crippen LogP) is 3.84. The van der Waals surface area contributed by atoms with E-state index in [4.69, 9.17) is 4.74 Å². The first-order chi connectivity index (χ1) is 9.38. The third-order valence-corrected chi connectivity index (χ3v) is 3.60. The van der Waals surface area contributed by atoms with Crippen molar-refractivity contribution in [3.05, 3.63) is 47.8 Å². The Bertz CT molecular complexity index is 390. The van der Waals surface area contributed by atoms with Gasteiger partial charge in [0.25, 0.3) is 0 Å². The maximum absolute atomic E-state index is 5.84. The van der Waals surface area contributed by atoms with E-state index in [1.807, 2.05) is 0 Å². The first-order valence-corrected chi connectivity index (χ1v) is 7.45. The summed E-state index contributed by atoms with van der Waals surface area (Å²) in [6.45, 7) is 6.14. The van der Waals surface area contributed by atoms with Crippen LogP contribution >= 0.6 is 0 Å². The van der Waals surface area contributed by atoms with E-state index in [1.54, 1.807) is 0 Å². The predicted molar refractivity (Wildman–Crippen MR) is 81.0 cm³/mol. The summed E-state index contributed by atoms with van der Waals surface area (Å²) in [6, 6.07) is 0. The number of hydrogen-bond acceptors (Lipinski definition) is 2. The molecule has 0 saturated heterocycles. The van der Waals surface area contributed by atoms with Crippen molar-refractivity contribution in [1.82, 2.24) is 4.90 Å². The molecule has 0 radical (unpaired) electrons. The summed E-state index contributed by atoms with van der Waals surface area (Å²) in [5, 5.41) is 0. The molecule has 0 aromatic rings.